The van der Waals surface area contributed by atoms with Crippen LogP contribution in [-0.2, 0) is 4.84 Å². The molecule has 0 bridgehead atoms. The van der Waals surface area contributed by atoms with E-state index in [-0.39, 0.29) is 5.78 Å². The normalized spacial score (nSPS) is 10.3. The highest BCUT2D eigenvalue weighted by molar-refractivity contribution is 5.96. The van der Waals surface area contributed by atoms with Crippen molar-refractivity contribution in [3.63, 3.8) is 0 Å². The summed E-state index contributed by atoms with van der Waals surface area (Å²) >= 11 is 0. The van der Waals surface area contributed by atoms with Gasteiger partial charge < -0.3 is 4.74 Å². The van der Waals surface area contributed by atoms with Crippen molar-refractivity contribution in [1.82, 2.24) is 0 Å². The highest BCUT2D eigenvalue weighted by Crippen LogP contribution is 2.17. The molecule has 4 heteroatoms. The van der Waals surface area contributed by atoms with Crippen molar-refractivity contribution >= 4 is 11.5 Å². The fourth-order valence-electron chi connectivity index (χ4n) is 2.12. The minimum atomic E-state index is 0.123. The summed E-state index contributed by atoms with van der Waals surface area (Å²) < 4.78 is 5.70. The molecule has 2 aromatic carbocycles. The SMILES string of the molecule is CONc1ccc(C(=O)CCCOc2ccccc2C)cc1. The number of nitrogens with one attached hydrogen (secondary N) is 1. The first-order chi connectivity index (χ1) is 10.7. The summed E-state index contributed by atoms with van der Waals surface area (Å²) in [6, 6.07) is 15.1. The van der Waals surface area contributed by atoms with Crippen LogP contribution in [0.4, 0.5) is 5.69 Å². The molecule has 0 saturated heterocycles. The highest BCUT2D eigenvalue weighted by atomic mass is 16.6. The van der Waals surface area contributed by atoms with Crippen LogP contribution >= 0.6 is 0 Å². The third kappa shape index (κ3) is 4.60. The van der Waals surface area contributed by atoms with Crippen molar-refractivity contribution in [3.05, 3.63) is 59.7 Å². The summed E-state index contributed by atoms with van der Waals surface area (Å²) in [7, 11) is 1.55. The van der Waals surface area contributed by atoms with Gasteiger partial charge in [-0.05, 0) is 49.2 Å². The molecule has 4 nitrogen and oxygen atoms in total. The summed E-state index contributed by atoms with van der Waals surface area (Å²) in [4.78, 5) is 16.9. The molecule has 2 rings (SSSR count). The lowest BCUT2D eigenvalue weighted by atomic mass is 10.1. The smallest absolute Gasteiger partial charge is 0.163 e. The van der Waals surface area contributed by atoms with Crippen LogP contribution in [-0.4, -0.2) is 19.5 Å². The maximum Gasteiger partial charge on any atom is 0.163 e. The van der Waals surface area contributed by atoms with E-state index >= 15 is 0 Å². The van der Waals surface area contributed by atoms with Gasteiger partial charge in [-0.15, -0.1) is 0 Å². The average molecular weight is 299 g/mol. The number of para-hydroxylation sites is 1. The summed E-state index contributed by atoms with van der Waals surface area (Å²) in [6.07, 6.45) is 1.17. The van der Waals surface area contributed by atoms with E-state index in [2.05, 4.69) is 5.48 Å². The maximum atomic E-state index is 12.1. The largest absolute Gasteiger partial charge is 0.493 e. The van der Waals surface area contributed by atoms with Crippen molar-refractivity contribution in [1.29, 1.82) is 0 Å². The number of hydrogen-bond donors (Lipinski definition) is 1. The van der Waals surface area contributed by atoms with Gasteiger partial charge in [0.1, 0.15) is 5.75 Å². The Labute approximate surface area is 131 Å². The number of hydrogen-bond acceptors (Lipinski definition) is 4. The van der Waals surface area contributed by atoms with Gasteiger partial charge in [0.25, 0.3) is 0 Å². The minimum Gasteiger partial charge on any atom is -0.493 e. The van der Waals surface area contributed by atoms with Crippen molar-refractivity contribution in [2.75, 3.05) is 19.2 Å². The van der Waals surface area contributed by atoms with Crippen molar-refractivity contribution in [2.24, 2.45) is 0 Å². The topological polar surface area (TPSA) is 47.6 Å². The lowest BCUT2D eigenvalue weighted by Crippen LogP contribution is -2.04. The van der Waals surface area contributed by atoms with E-state index in [1.807, 2.05) is 43.3 Å². The molecule has 0 aliphatic heterocycles. The Kier molecular flexibility index (Phi) is 5.98. The van der Waals surface area contributed by atoms with E-state index in [0.29, 0.717) is 25.0 Å². The summed E-state index contributed by atoms with van der Waals surface area (Å²) in [6.45, 7) is 2.55. The molecule has 0 heterocycles. The van der Waals surface area contributed by atoms with E-state index < -0.39 is 0 Å². The highest BCUT2D eigenvalue weighted by Gasteiger charge is 2.06. The number of carbonyl (C=O) groups excluding carboxylic acids is 1. The molecule has 0 aliphatic carbocycles. The molecule has 0 aromatic heterocycles. The van der Waals surface area contributed by atoms with Crippen molar-refractivity contribution in [2.45, 2.75) is 19.8 Å². The number of carbonyl (C=O) groups is 1. The second-order valence-corrected chi connectivity index (χ2v) is 5.02. The monoisotopic (exact) mass is 299 g/mol. The van der Waals surface area contributed by atoms with Gasteiger partial charge in [-0.1, -0.05) is 18.2 Å². The molecule has 0 radical (unpaired) electrons. The Morgan fingerprint density at radius 3 is 2.50 bits per heavy atom. The average Bonchev–Trinajstić information content (AvgIpc) is 2.54. The molecule has 2 aromatic rings. The summed E-state index contributed by atoms with van der Waals surface area (Å²) in [5.41, 5.74) is 5.35. The van der Waals surface area contributed by atoms with Crippen LogP contribution in [0.3, 0.4) is 0 Å². The Balaban J connectivity index is 1.77. The Bertz CT molecular complexity index is 608. The molecule has 0 aliphatic rings. The first-order valence-corrected chi connectivity index (χ1v) is 7.31. The van der Waals surface area contributed by atoms with E-state index in [1.165, 1.54) is 0 Å². The molecule has 0 saturated carbocycles. The zero-order chi connectivity index (χ0) is 15.8. The third-order valence-electron chi connectivity index (χ3n) is 3.33. The Hall–Kier alpha value is -2.33. The van der Waals surface area contributed by atoms with Gasteiger partial charge in [-0.2, -0.15) is 0 Å². The van der Waals surface area contributed by atoms with E-state index in [1.54, 1.807) is 19.2 Å². The summed E-state index contributed by atoms with van der Waals surface area (Å²) in [5.74, 6) is 1.00. The zero-order valence-electron chi connectivity index (χ0n) is 13.0. The predicted octanol–water partition coefficient (Wildman–Crippen LogP) is 4.01. The number of rotatable bonds is 8. The molecule has 1 N–H and O–H groups in total. The van der Waals surface area contributed by atoms with Gasteiger partial charge >= 0.3 is 0 Å². The third-order valence-corrected chi connectivity index (χ3v) is 3.33. The standard InChI is InChI=1S/C18H21NO3/c1-14-6-3-4-8-18(14)22-13-5-7-17(20)15-9-11-16(12-10-15)19-21-2/h3-4,6,8-12,19H,5,7,13H2,1-2H3. The zero-order valence-corrected chi connectivity index (χ0v) is 13.0. The Morgan fingerprint density at radius 1 is 1.09 bits per heavy atom. The van der Waals surface area contributed by atoms with Crippen LogP contribution in [0.25, 0.3) is 0 Å². The van der Waals surface area contributed by atoms with Crippen LogP contribution in [0, 0.1) is 6.92 Å². The molecule has 0 unspecified atom stereocenters. The lowest BCUT2D eigenvalue weighted by molar-refractivity contribution is 0.0973. The quantitative estimate of drug-likeness (QED) is 0.454. The van der Waals surface area contributed by atoms with Gasteiger partial charge in [0.15, 0.2) is 5.78 Å². The van der Waals surface area contributed by atoms with Crippen LogP contribution < -0.4 is 10.2 Å². The molecule has 116 valence electrons. The number of benzene rings is 2. The van der Waals surface area contributed by atoms with Crippen LogP contribution in [0.2, 0.25) is 0 Å². The van der Waals surface area contributed by atoms with Gasteiger partial charge in [-0.3, -0.25) is 15.1 Å². The first kappa shape index (κ1) is 16.0. The van der Waals surface area contributed by atoms with Gasteiger partial charge in [-0.25, -0.2) is 0 Å². The van der Waals surface area contributed by atoms with E-state index in [0.717, 1.165) is 17.0 Å². The van der Waals surface area contributed by atoms with Crippen molar-refractivity contribution < 1.29 is 14.4 Å². The number of ether oxygens (including phenoxy) is 1. The Morgan fingerprint density at radius 2 is 1.82 bits per heavy atom. The maximum absolute atomic E-state index is 12.1. The van der Waals surface area contributed by atoms with Crippen molar-refractivity contribution in [3.8, 4) is 5.75 Å². The number of ketones is 1. The van der Waals surface area contributed by atoms with E-state index in [9.17, 15) is 4.79 Å². The number of anilines is 1. The second kappa shape index (κ2) is 8.20. The molecule has 0 amide bonds. The summed E-state index contributed by atoms with van der Waals surface area (Å²) in [5, 5.41) is 0. The van der Waals surface area contributed by atoms with Crippen LogP contribution in [0.15, 0.2) is 48.5 Å². The van der Waals surface area contributed by atoms with Gasteiger partial charge in [0.05, 0.1) is 19.4 Å². The van der Waals surface area contributed by atoms with Crippen LogP contribution in [0.1, 0.15) is 28.8 Å². The molecule has 22 heavy (non-hydrogen) atoms. The molecule has 0 spiro atoms. The van der Waals surface area contributed by atoms with Crippen LogP contribution in [0.5, 0.6) is 5.75 Å². The van der Waals surface area contributed by atoms with E-state index in [4.69, 9.17) is 9.57 Å². The minimum absolute atomic E-state index is 0.123. The fourth-order valence-corrected chi connectivity index (χ4v) is 2.12. The molecular weight excluding hydrogens is 278 g/mol. The van der Waals surface area contributed by atoms with Gasteiger partial charge in [0.2, 0.25) is 0 Å². The predicted molar refractivity (Wildman–Crippen MR) is 87.3 cm³/mol. The molecular formula is C18H21NO3. The molecule has 0 fully saturated rings. The fraction of sp³-hybridized carbons (Fsp3) is 0.278. The lowest BCUT2D eigenvalue weighted by Gasteiger charge is -2.08. The second-order valence-electron chi connectivity index (χ2n) is 5.02. The number of Topliss-reactive ketones (excluding diaryl/α,β-unsaturated/α-hetero) is 1. The first-order valence-electron chi connectivity index (χ1n) is 7.31. The van der Waals surface area contributed by atoms with Gasteiger partial charge in [0, 0.05) is 12.0 Å². The molecule has 0 atom stereocenters. The number of aryl methyl sites for hydroxylation is 1.